The van der Waals surface area contributed by atoms with Gasteiger partial charge in [0, 0.05) is 11.8 Å². The van der Waals surface area contributed by atoms with Crippen molar-refractivity contribution in [2.75, 3.05) is 5.73 Å². The number of nitrogens with two attached hydrogens (primary N) is 1. The van der Waals surface area contributed by atoms with Gasteiger partial charge in [0.15, 0.2) is 5.82 Å². The Hall–Kier alpha value is -2.63. The average Bonchev–Trinajstić information content (AvgIpc) is 2.87. The van der Waals surface area contributed by atoms with E-state index in [0.29, 0.717) is 11.5 Å². The van der Waals surface area contributed by atoms with E-state index in [-0.39, 0.29) is 12.5 Å². The van der Waals surface area contributed by atoms with Gasteiger partial charge in [-0.05, 0) is 23.8 Å². The van der Waals surface area contributed by atoms with Crippen LogP contribution in [0.4, 0.5) is 5.69 Å². The standard InChI is InChI=1S/C12H12N4O2/c13-10-3-1-2-9(6-10)4-5-12(17)14-7-11-15-8-18-16-11/h1-6,8H,7,13H2,(H,14,17)/b5-4+. The van der Waals surface area contributed by atoms with Crippen molar-refractivity contribution in [2.24, 2.45) is 0 Å². The lowest BCUT2D eigenvalue weighted by molar-refractivity contribution is -0.116. The maximum Gasteiger partial charge on any atom is 0.244 e. The van der Waals surface area contributed by atoms with E-state index < -0.39 is 0 Å². The largest absolute Gasteiger partial charge is 0.399 e. The van der Waals surface area contributed by atoms with Gasteiger partial charge in [0.25, 0.3) is 0 Å². The molecule has 0 aliphatic heterocycles. The SMILES string of the molecule is Nc1cccc(/C=C/C(=O)NCc2ncon2)c1. The molecular formula is C12H12N4O2. The van der Waals surface area contributed by atoms with Crippen LogP contribution in [0.15, 0.2) is 41.3 Å². The third kappa shape index (κ3) is 3.44. The van der Waals surface area contributed by atoms with Crippen molar-refractivity contribution in [3.63, 3.8) is 0 Å². The first kappa shape index (κ1) is 11.8. The molecule has 0 spiro atoms. The molecule has 2 rings (SSSR count). The summed E-state index contributed by atoms with van der Waals surface area (Å²) in [5.41, 5.74) is 7.15. The Morgan fingerprint density at radius 2 is 2.39 bits per heavy atom. The van der Waals surface area contributed by atoms with Crippen LogP contribution in [0.1, 0.15) is 11.4 Å². The van der Waals surface area contributed by atoms with Crippen LogP contribution in [0, 0.1) is 0 Å². The van der Waals surface area contributed by atoms with Gasteiger partial charge < -0.3 is 15.6 Å². The summed E-state index contributed by atoms with van der Waals surface area (Å²) in [5.74, 6) is 0.197. The predicted molar refractivity (Wildman–Crippen MR) is 66.0 cm³/mol. The molecule has 0 unspecified atom stereocenters. The van der Waals surface area contributed by atoms with Gasteiger partial charge in [-0.3, -0.25) is 4.79 Å². The maximum absolute atomic E-state index is 11.5. The Kier molecular flexibility index (Phi) is 3.70. The van der Waals surface area contributed by atoms with Crippen molar-refractivity contribution in [3.05, 3.63) is 48.1 Å². The second-order valence-electron chi connectivity index (χ2n) is 3.57. The highest BCUT2D eigenvalue weighted by Gasteiger charge is 2.00. The van der Waals surface area contributed by atoms with E-state index in [4.69, 9.17) is 5.73 Å². The number of hydrogen-bond acceptors (Lipinski definition) is 5. The zero-order valence-corrected chi connectivity index (χ0v) is 9.54. The lowest BCUT2D eigenvalue weighted by Crippen LogP contribution is -2.20. The van der Waals surface area contributed by atoms with Gasteiger partial charge in [-0.1, -0.05) is 17.3 Å². The highest BCUT2D eigenvalue weighted by atomic mass is 16.5. The van der Waals surface area contributed by atoms with Crippen LogP contribution < -0.4 is 11.1 Å². The molecule has 1 heterocycles. The van der Waals surface area contributed by atoms with E-state index in [1.54, 1.807) is 18.2 Å². The summed E-state index contributed by atoms with van der Waals surface area (Å²) >= 11 is 0. The molecule has 0 aliphatic rings. The highest BCUT2D eigenvalue weighted by Crippen LogP contribution is 2.07. The summed E-state index contributed by atoms with van der Waals surface area (Å²) in [4.78, 5) is 15.3. The number of nitrogens with zero attached hydrogens (tertiary/aromatic N) is 2. The number of nitrogen functional groups attached to an aromatic ring is 1. The molecule has 1 aromatic carbocycles. The summed E-state index contributed by atoms with van der Waals surface area (Å²) in [6, 6.07) is 7.25. The summed E-state index contributed by atoms with van der Waals surface area (Å²) in [6.07, 6.45) is 4.32. The van der Waals surface area contributed by atoms with Crippen molar-refractivity contribution in [1.82, 2.24) is 15.5 Å². The minimum absolute atomic E-state index is 0.233. The molecule has 0 fully saturated rings. The topological polar surface area (TPSA) is 94.0 Å². The molecule has 0 saturated heterocycles. The number of anilines is 1. The quantitative estimate of drug-likeness (QED) is 0.617. The van der Waals surface area contributed by atoms with Crippen molar-refractivity contribution >= 4 is 17.7 Å². The molecule has 6 nitrogen and oxygen atoms in total. The smallest absolute Gasteiger partial charge is 0.244 e. The van der Waals surface area contributed by atoms with E-state index in [1.807, 2.05) is 12.1 Å². The monoisotopic (exact) mass is 244 g/mol. The number of aromatic nitrogens is 2. The van der Waals surface area contributed by atoms with Crippen molar-refractivity contribution < 1.29 is 9.32 Å². The molecule has 0 radical (unpaired) electrons. The normalized spacial score (nSPS) is 10.7. The molecule has 92 valence electrons. The van der Waals surface area contributed by atoms with Crippen molar-refractivity contribution in [3.8, 4) is 0 Å². The second-order valence-corrected chi connectivity index (χ2v) is 3.57. The van der Waals surface area contributed by atoms with E-state index in [1.165, 1.54) is 12.5 Å². The Morgan fingerprint density at radius 3 is 3.11 bits per heavy atom. The lowest BCUT2D eigenvalue weighted by atomic mass is 10.2. The van der Waals surface area contributed by atoms with Crippen LogP contribution in [0.2, 0.25) is 0 Å². The predicted octanol–water partition coefficient (Wildman–Crippen LogP) is 0.981. The number of benzene rings is 1. The fourth-order valence-corrected chi connectivity index (χ4v) is 1.33. The lowest BCUT2D eigenvalue weighted by Gasteiger charge is -1.98. The first-order chi connectivity index (χ1) is 8.74. The van der Waals surface area contributed by atoms with Crippen LogP contribution in [-0.2, 0) is 11.3 Å². The van der Waals surface area contributed by atoms with Crippen LogP contribution in [0.25, 0.3) is 6.08 Å². The third-order valence-electron chi connectivity index (χ3n) is 2.17. The summed E-state index contributed by atoms with van der Waals surface area (Å²) < 4.78 is 4.54. The molecule has 0 aliphatic carbocycles. The minimum atomic E-state index is -0.234. The molecule has 3 N–H and O–H groups in total. The van der Waals surface area contributed by atoms with E-state index in [2.05, 4.69) is 20.0 Å². The van der Waals surface area contributed by atoms with Crippen LogP contribution in [0.3, 0.4) is 0 Å². The number of rotatable bonds is 4. The number of carbonyl (C=O) groups is 1. The van der Waals surface area contributed by atoms with Crippen LogP contribution in [-0.4, -0.2) is 16.0 Å². The molecule has 18 heavy (non-hydrogen) atoms. The van der Waals surface area contributed by atoms with Gasteiger partial charge in [-0.2, -0.15) is 4.98 Å². The second kappa shape index (κ2) is 5.62. The van der Waals surface area contributed by atoms with Crippen LogP contribution in [0.5, 0.6) is 0 Å². The van der Waals surface area contributed by atoms with Gasteiger partial charge in [-0.25, -0.2) is 0 Å². The molecular weight excluding hydrogens is 232 g/mol. The maximum atomic E-state index is 11.5. The summed E-state index contributed by atoms with van der Waals surface area (Å²) in [7, 11) is 0. The number of amides is 1. The van der Waals surface area contributed by atoms with Gasteiger partial charge in [-0.15, -0.1) is 0 Å². The van der Waals surface area contributed by atoms with Gasteiger partial charge in [0.1, 0.15) is 0 Å². The fraction of sp³-hybridized carbons (Fsp3) is 0.0833. The molecule has 0 bridgehead atoms. The molecule has 1 amide bonds. The first-order valence-electron chi connectivity index (χ1n) is 5.31. The Morgan fingerprint density at radius 1 is 1.50 bits per heavy atom. The van der Waals surface area contributed by atoms with E-state index in [9.17, 15) is 4.79 Å². The number of nitrogens with one attached hydrogen (secondary N) is 1. The number of carbonyl (C=O) groups excluding carboxylic acids is 1. The van der Waals surface area contributed by atoms with E-state index in [0.717, 1.165) is 5.56 Å². The zero-order valence-electron chi connectivity index (χ0n) is 9.54. The Bertz CT molecular complexity index is 549. The molecule has 6 heteroatoms. The Balaban J connectivity index is 1.87. The molecule has 1 aromatic heterocycles. The van der Waals surface area contributed by atoms with Gasteiger partial charge >= 0.3 is 0 Å². The summed E-state index contributed by atoms with van der Waals surface area (Å²) in [6.45, 7) is 0.233. The molecule has 2 aromatic rings. The molecule has 0 atom stereocenters. The third-order valence-corrected chi connectivity index (χ3v) is 2.17. The van der Waals surface area contributed by atoms with Crippen LogP contribution >= 0.6 is 0 Å². The van der Waals surface area contributed by atoms with Crippen molar-refractivity contribution in [2.45, 2.75) is 6.54 Å². The van der Waals surface area contributed by atoms with Gasteiger partial charge in [0.05, 0.1) is 6.54 Å². The van der Waals surface area contributed by atoms with Gasteiger partial charge in [0.2, 0.25) is 12.3 Å². The Labute approximate surface area is 103 Å². The fourth-order valence-electron chi connectivity index (χ4n) is 1.33. The average molecular weight is 244 g/mol. The summed E-state index contributed by atoms with van der Waals surface area (Å²) in [5, 5.41) is 6.20. The number of hydrogen-bond donors (Lipinski definition) is 2. The zero-order chi connectivity index (χ0) is 12.8. The highest BCUT2D eigenvalue weighted by molar-refractivity contribution is 5.91. The minimum Gasteiger partial charge on any atom is -0.399 e. The molecule has 0 saturated carbocycles. The van der Waals surface area contributed by atoms with E-state index >= 15 is 0 Å². The van der Waals surface area contributed by atoms with Crippen molar-refractivity contribution in [1.29, 1.82) is 0 Å². The first-order valence-corrected chi connectivity index (χ1v) is 5.31.